The van der Waals surface area contributed by atoms with E-state index in [9.17, 15) is 8.42 Å². The Kier molecular flexibility index (Phi) is 8.21. The van der Waals surface area contributed by atoms with E-state index in [1.165, 1.54) is 11.9 Å². The molecule has 3 N–H and O–H groups in total. The van der Waals surface area contributed by atoms with Crippen molar-refractivity contribution in [2.75, 3.05) is 20.1 Å². The molecular weight excluding hydrogens is 382 g/mol. The molecule has 0 aliphatic carbocycles. The molecule has 0 aliphatic rings. The summed E-state index contributed by atoms with van der Waals surface area (Å²) in [5, 5.41) is 7.64. The molecule has 0 saturated carbocycles. The Labute approximate surface area is 165 Å². The van der Waals surface area contributed by atoms with Crippen LogP contribution < -0.4 is 15.4 Å². The summed E-state index contributed by atoms with van der Waals surface area (Å²) >= 11 is 1.71. The fourth-order valence-electron chi connectivity index (χ4n) is 2.43. The van der Waals surface area contributed by atoms with Crippen molar-refractivity contribution in [2.45, 2.75) is 32.6 Å². The van der Waals surface area contributed by atoms with Crippen LogP contribution in [-0.2, 0) is 28.7 Å². The van der Waals surface area contributed by atoms with Crippen molar-refractivity contribution in [3.63, 3.8) is 0 Å². The number of hydrogen-bond donors (Lipinski definition) is 3. The maximum atomic E-state index is 11.7. The molecule has 148 valence electrons. The summed E-state index contributed by atoms with van der Waals surface area (Å²) in [5.41, 5.74) is 1.71. The fourth-order valence-corrected chi connectivity index (χ4v) is 3.98. The summed E-state index contributed by atoms with van der Waals surface area (Å²) in [7, 11) is -1.86. The van der Waals surface area contributed by atoms with E-state index < -0.39 is 10.0 Å². The van der Waals surface area contributed by atoms with E-state index in [2.05, 4.69) is 32.3 Å². The summed E-state index contributed by atoms with van der Waals surface area (Å²) in [4.78, 5) is 10.2. The monoisotopic (exact) mass is 409 g/mol. The van der Waals surface area contributed by atoms with Crippen molar-refractivity contribution < 1.29 is 8.42 Å². The number of aliphatic imine (C=N–C) groups is 1. The van der Waals surface area contributed by atoms with E-state index in [4.69, 9.17) is 0 Å². The third-order valence-corrected chi connectivity index (χ3v) is 6.03. The third kappa shape index (κ3) is 7.66. The van der Waals surface area contributed by atoms with Crippen molar-refractivity contribution >= 4 is 27.3 Å². The molecule has 0 aliphatic heterocycles. The summed E-state index contributed by atoms with van der Waals surface area (Å²) in [6, 6.07) is 7.49. The van der Waals surface area contributed by atoms with Crippen LogP contribution in [0, 0.1) is 6.92 Å². The van der Waals surface area contributed by atoms with E-state index in [1.54, 1.807) is 11.3 Å². The molecule has 27 heavy (non-hydrogen) atoms. The maximum absolute atomic E-state index is 11.7. The van der Waals surface area contributed by atoms with Crippen LogP contribution in [0.15, 0.2) is 35.5 Å². The molecule has 0 amide bonds. The molecule has 1 aromatic heterocycles. The summed E-state index contributed by atoms with van der Waals surface area (Å²) in [6.45, 7) is 6.06. The van der Waals surface area contributed by atoms with E-state index in [0.717, 1.165) is 41.6 Å². The molecule has 2 aromatic rings. The average molecular weight is 410 g/mol. The van der Waals surface area contributed by atoms with Gasteiger partial charge in [-0.05, 0) is 32.0 Å². The number of thiazole rings is 1. The first-order valence-electron chi connectivity index (χ1n) is 8.84. The average Bonchev–Trinajstić information content (AvgIpc) is 3.05. The van der Waals surface area contributed by atoms with Gasteiger partial charge < -0.3 is 10.6 Å². The van der Waals surface area contributed by atoms with Crippen LogP contribution in [-0.4, -0.2) is 39.5 Å². The second-order valence-corrected chi connectivity index (χ2v) is 9.27. The quantitative estimate of drug-likeness (QED) is 0.434. The minimum atomic E-state index is -3.28. The second-order valence-electron chi connectivity index (χ2n) is 6.02. The summed E-state index contributed by atoms with van der Waals surface area (Å²) < 4.78 is 25.7. The second kappa shape index (κ2) is 10.4. The first-order chi connectivity index (χ1) is 12.9. The van der Waals surface area contributed by atoms with Crippen molar-refractivity contribution in [3.05, 3.63) is 51.5 Å². The van der Waals surface area contributed by atoms with Gasteiger partial charge in [-0.2, -0.15) is 0 Å². The minimum Gasteiger partial charge on any atom is -0.357 e. The molecule has 7 nitrogen and oxygen atoms in total. The van der Waals surface area contributed by atoms with Gasteiger partial charge in [0.25, 0.3) is 0 Å². The maximum Gasteiger partial charge on any atom is 0.215 e. The van der Waals surface area contributed by atoms with Crippen LogP contribution in [0.4, 0.5) is 0 Å². The lowest BCUT2D eigenvalue weighted by atomic mass is 10.1. The lowest BCUT2D eigenvalue weighted by Crippen LogP contribution is -2.38. The van der Waals surface area contributed by atoms with Gasteiger partial charge in [-0.1, -0.05) is 24.3 Å². The molecular formula is C18H27N5O2S2. The molecule has 9 heteroatoms. The fraction of sp³-hybridized carbons (Fsp3) is 0.444. The zero-order valence-electron chi connectivity index (χ0n) is 15.9. The van der Waals surface area contributed by atoms with Crippen molar-refractivity contribution in [1.82, 2.24) is 20.3 Å². The first kappa shape index (κ1) is 21.3. The SMILES string of the molecule is CCNC(=NCc1cccc(CS(=O)(=O)NC)c1)NCCc1ncc(C)s1. The predicted octanol–water partition coefficient (Wildman–Crippen LogP) is 1.80. The number of aromatic nitrogens is 1. The molecule has 0 atom stereocenters. The molecule has 0 radical (unpaired) electrons. The Morgan fingerprint density at radius 2 is 2.04 bits per heavy atom. The number of benzene rings is 1. The minimum absolute atomic E-state index is 0.0351. The van der Waals surface area contributed by atoms with E-state index in [1.807, 2.05) is 37.4 Å². The molecule has 1 heterocycles. The van der Waals surface area contributed by atoms with Gasteiger partial charge in [-0.3, -0.25) is 0 Å². The highest BCUT2D eigenvalue weighted by Gasteiger charge is 2.08. The van der Waals surface area contributed by atoms with Crippen molar-refractivity contribution in [1.29, 1.82) is 0 Å². The third-order valence-electron chi connectivity index (χ3n) is 3.72. The molecule has 0 spiro atoms. The number of guanidine groups is 1. The zero-order chi connectivity index (χ0) is 19.7. The molecule has 0 bridgehead atoms. The van der Waals surface area contributed by atoms with Gasteiger partial charge in [-0.25, -0.2) is 23.1 Å². The Hall–Kier alpha value is -1.97. The van der Waals surface area contributed by atoms with Gasteiger partial charge in [0.15, 0.2) is 5.96 Å². The number of nitrogens with one attached hydrogen (secondary N) is 3. The van der Waals surface area contributed by atoms with Crippen LogP contribution in [0.25, 0.3) is 0 Å². The predicted molar refractivity (Wildman–Crippen MR) is 111 cm³/mol. The topological polar surface area (TPSA) is 95.5 Å². The van der Waals surface area contributed by atoms with Gasteiger partial charge in [0.05, 0.1) is 17.3 Å². The Morgan fingerprint density at radius 3 is 2.70 bits per heavy atom. The van der Waals surface area contributed by atoms with Crippen LogP contribution in [0.1, 0.15) is 27.9 Å². The number of hydrogen-bond acceptors (Lipinski definition) is 5. The number of rotatable bonds is 9. The number of sulfonamides is 1. The molecule has 0 fully saturated rings. The first-order valence-corrected chi connectivity index (χ1v) is 11.3. The Balaban J connectivity index is 1.95. The Bertz CT molecular complexity index is 862. The van der Waals surface area contributed by atoms with Gasteiger partial charge >= 0.3 is 0 Å². The van der Waals surface area contributed by atoms with Gasteiger partial charge in [0.1, 0.15) is 0 Å². The highest BCUT2D eigenvalue weighted by Crippen LogP contribution is 2.11. The molecule has 1 aromatic carbocycles. The molecule has 2 rings (SSSR count). The van der Waals surface area contributed by atoms with Crippen LogP contribution in [0.5, 0.6) is 0 Å². The van der Waals surface area contributed by atoms with Gasteiger partial charge in [0.2, 0.25) is 10.0 Å². The zero-order valence-corrected chi connectivity index (χ0v) is 17.6. The molecule has 0 saturated heterocycles. The van der Waals surface area contributed by atoms with Crippen LogP contribution in [0.3, 0.4) is 0 Å². The smallest absolute Gasteiger partial charge is 0.215 e. The van der Waals surface area contributed by atoms with Gasteiger partial charge in [-0.15, -0.1) is 11.3 Å². The van der Waals surface area contributed by atoms with E-state index in [-0.39, 0.29) is 5.75 Å². The Morgan fingerprint density at radius 1 is 1.26 bits per heavy atom. The van der Waals surface area contributed by atoms with Crippen molar-refractivity contribution in [2.24, 2.45) is 4.99 Å². The number of aryl methyl sites for hydroxylation is 1. The van der Waals surface area contributed by atoms with Crippen LogP contribution >= 0.6 is 11.3 Å². The largest absolute Gasteiger partial charge is 0.357 e. The van der Waals surface area contributed by atoms with E-state index in [0.29, 0.717) is 6.54 Å². The number of nitrogens with zero attached hydrogens (tertiary/aromatic N) is 2. The summed E-state index contributed by atoms with van der Waals surface area (Å²) in [6.07, 6.45) is 2.74. The highest BCUT2D eigenvalue weighted by atomic mass is 32.2. The standard InChI is InChI=1S/C18H27N5O2S2/c1-4-20-18(21-9-8-17-22-11-14(2)26-17)23-12-15-6-5-7-16(10-15)13-27(24,25)19-3/h5-7,10-11,19H,4,8-9,12-13H2,1-3H3,(H2,20,21,23). The molecule has 0 unspecified atom stereocenters. The lowest BCUT2D eigenvalue weighted by Gasteiger charge is -2.11. The van der Waals surface area contributed by atoms with E-state index >= 15 is 0 Å². The van der Waals surface area contributed by atoms with Crippen LogP contribution in [0.2, 0.25) is 0 Å². The highest BCUT2D eigenvalue weighted by molar-refractivity contribution is 7.88. The van der Waals surface area contributed by atoms with Gasteiger partial charge in [0, 0.05) is 30.6 Å². The van der Waals surface area contributed by atoms with Crippen molar-refractivity contribution in [3.8, 4) is 0 Å². The normalized spacial score (nSPS) is 12.2. The lowest BCUT2D eigenvalue weighted by molar-refractivity contribution is 0.587. The summed E-state index contributed by atoms with van der Waals surface area (Å²) in [5.74, 6) is 0.700.